The molecule has 0 amide bonds. The summed E-state index contributed by atoms with van der Waals surface area (Å²) in [4.78, 5) is 25.1. The molecule has 2 aromatic carbocycles. The molecule has 0 spiro atoms. The van der Waals surface area contributed by atoms with Crippen LogP contribution in [-0.4, -0.2) is 29.3 Å². The highest BCUT2D eigenvalue weighted by Crippen LogP contribution is 2.22. The largest absolute Gasteiger partial charge is 0.438 e. The molecule has 5 rings (SSSR count). The molecule has 35 heavy (non-hydrogen) atoms. The Labute approximate surface area is 205 Å². The van der Waals surface area contributed by atoms with Gasteiger partial charge in [-0.15, -0.1) is 5.10 Å². The SMILES string of the molecule is CCn1cnc2c1c(=O)[nH]/c(=N\c1ccc(Oc3ccc(C)nn3)cc1)n2Cc1ccc(Cl)cc1. The fraction of sp³-hybridized carbons (Fsp3) is 0.160. The van der Waals surface area contributed by atoms with E-state index in [9.17, 15) is 4.79 Å². The first-order valence-corrected chi connectivity index (χ1v) is 11.4. The first-order valence-electron chi connectivity index (χ1n) is 11.1. The van der Waals surface area contributed by atoms with Crippen LogP contribution in [-0.2, 0) is 13.1 Å². The molecule has 3 aromatic heterocycles. The average Bonchev–Trinajstić information content (AvgIpc) is 3.30. The van der Waals surface area contributed by atoms with E-state index < -0.39 is 0 Å². The number of rotatable bonds is 6. The second-order valence-corrected chi connectivity index (χ2v) is 8.35. The van der Waals surface area contributed by atoms with Gasteiger partial charge in [0, 0.05) is 17.6 Å². The first kappa shape index (κ1) is 22.5. The number of halogens is 1. The van der Waals surface area contributed by atoms with E-state index in [2.05, 4.69) is 20.2 Å². The van der Waals surface area contributed by atoms with Crippen LogP contribution in [0.1, 0.15) is 18.2 Å². The Morgan fingerprint density at radius 2 is 1.80 bits per heavy atom. The predicted molar refractivity (Wildman–Crippen MR) is 133 cm³/mol. The Morgan fingerprint density at radius 3 is 2.49 bits per heavy atom. The van der Waals surface area contributed by atoms with Gasteiger partial charge >= 0.3 is 0 Å². The molecule has 10 heteroatoms. The molecule has 176 valence electrons. The highest BCUT2D eigenvalue weighted by Gasteiger charge is 2.13. The molecule has 0 saturated heterocycles. The van der Waals surface area contributed by atoms with Crippen LogP contribution in [0.25, 0.3) is 11.2 Å². The van der Waals surface area contributed by atoms with Crippen LogP contribution in [0.4, 0.5) is 5.69 Å². The van der Waals surface area contributed by atoms with Crippen LogP contribution in [0.3, 0.4) is 0 Å². The Bertz CT molecular complexity index is 1600. The molecule has 0 unspecified atom stereocenters. The molecule has 0 atom stereocenters. The number of hydrogen-bond acceptors (Lipinski definition) is 6. The van der Waals surface area contributed by atoms with E-state index in [1.54, 1.807) is 36.7 Å². The Morgan fingerprint density at radius 1 is 1.03 bits per heavy atom. The maximum Gasteiger partial charge on any atom is 0.278 e. The zero-order chi connectivity index (χ0) is 24.4. The number of nitrogens with zero attached hydrogens (tertiary/aromatic N) is 6. The van der Waals surface area contributed by atoms with E-state index in [-0.39, 0.29) is 5.56 Å². The second kappa shape index (κ2) is 9.55. The summed E-state index contributed by atoms with van der Waals surface area (Å²) in [7, 11) is 0. The standard InChI is InChI=1S/C25H22ClN7O2/c1-3-32-15-27-23-22(32)24(34)29-25(33(23)14-17-5-7-18(26)8-6-17)28-19-9-11-20(12-10-19)35-21-13-4-16(2)30-31-21/h4-13,15H,3,14H2,1-2H3,(H,28,29,34). The topological polar surface area (TPSA) is 103 Å². The maximum absolute atomic E-state index is 12.9. The molecule has 9 nitrogen and oxygen atoms in total. The molecule has 0 aliphatic rings. The molecule has 0 aliphatic heterocycles. The monoisotopic (exact) mass is 487 g/mol. The molecule has 3 heterocycles. The zero-order valence-electron chi connectivity index (χ0n) is 19.1. The summed E-state index contributed by atoms with van der Waals surface area (Å²) in [6.07, 6.45) is 1.67. The summed E-state index contributed by atoms with van der Waals surface area (Å²) in [6, 6.07) is 18.3. The van der Waals surface area contributed by atoms with E-state index in [1.807, 2.05) is 53.3 Å². The molecule has 0 saturated carbocycles. The van der Waals surface area contributed by atoms with Crippen LogP contribution in [0.15, 0.2) is 76.8 Å². The predicted octanol–water partition coefficient (Wildman–Crippen LogP) is 4.37. The van der Waals surface area contributed by atoms with Crippen molar-refractivity contribution in [3.63, 3.8) is 0 Å². The highest BCUT2D eigenvalue weighted by atomic mass is 35.5. The van der Waals surface area contributed by atoms with Gasteiger partial charge in [0.05, 0.1) is 24.3 Å². The first-order chi connectivity index (χ1) is 17.0. The molecule has 0 bridgehead atoms. The van der Waals surface area contributed by atoms with Crippen LogP contribution in [0.2, 0.25) is 5.02 Å². The fourth-order valence-electron chi connectivity index (χ4n) is 3.65. The molecule has 5 aromatic rings. The lowest BCUT2D eigenvalue weighted by atomic mass is 10.2. The lowest BCUT2D eigenvalue weighted by molar-refractivity contribution is 0.454. The lowest BCUT2D eigenvalue weighted by Crippen LogP contribution is -2.32. The third-order valence-electron chi connectivity index (χ3n) is 5.43. The number of benzene rings is 2. The van der Waals surface area contributed by atoms with Gasteiger partial charge in [0.25, 0.3) is 5.56 Å². The van der Waals surface area contributed by atoms with Crippen molar-refractivity contribution in [1.29, 1.82) is 0 Å². The van der Waals surface area contributed by atoms with Gasteiger partial charge in [-0.3, -0.25) is 14.3 Å². The van der Waals surface area contributed by atoms with Crippen LogP contribution in [0.5, 0.6) is 11.6 Å². The number of aromatic nitrogens is 6. The van der Waals surface area contributed by atoms with E-state index >= 15 is 0 Å². The Balaban J connectivity index is 1.55. The van der Waals surface area contributed by atoms with Gasteiger partial charge < -0.3 is 9.30 Å². The summed E-state index contributed by atoms with van der Waals surface area (Å²) in [5, 5.41) is 8.66. The van der Waals surface area contributed by atoms with Crippen molar-refractivity contribution in [2.45, 2.75) is 26.9 Å². The smallest absolute Gasteiger partial charge is 0.278 e. The molecule has 0 fully saturated rings. The van der Waals surface area contributed by atoms with Crippen molar-refractivity contribution < 1.29 is 4.74 Å². The third-order valence-corrected chi connectivity index (χ3v) is 5.68. The number of hydrogen-bond donors (Lipinski definition) is 1. The minimum Gasteiger partial charge on any atom is -0.438 e. The van der Waals surface area contributed by atoms with Crippen molar-refractivity contribution in [2.75, 3.05) is 0 Å². The summed E-state index contributed by atoms with van der Waals surface area (Å²) in [6.45, 7) is 4.91. The summed E-state index contributed by atoms with van der Waals surface area (Å²) < 4.78 is 9.44. The Hall–Kier alpha value is -4.24. The van der Waals surface area contributed by atoms with Crippen molar-refractivity contribution >= 4 is 28.5 Å². The molecular formula is C25H22ClN7O2. The van der Waals surface area contributed by atoms with Crippen molar-refractivity contribution in [1.82, 2.24) is 29.3 Å². The van der Waals surface area contributed by atoms with Crippen molar-refractivity contribution in [2.24, 2.45) is 4.99 Å². The zero-order valence-corrected chi connectivity index (χ0v) is 19.9. The van der Waals surface area contributed by atoms with Gasteiger partial charge in [-0.25, -0.2) is 9.98 Å². The number of aromatic amines is 1. The van der Waals surface area contributed by atoms with Gasteiger partial charge in [0.15, 0.2) is 11.2 Å². The number of aryl methyl sites for hydroxylation is 2. The Kier molecular flexibility index (Phi) is 6.15. The molecular weight excluding hydrogens is 466 g/mol. The van der Waals surface area contributed by atoms with E-state index in [0.717, 1.165) is 11.3 Å². The van der Waals surface area contributed by atoms with Gasteiger partial charge in [-0.2, -0.15) is 5.10 Å². The van der Waals surface area contributed by atoms with E-state index in [0.29, 0.717) is 52.2 Å². The van der Waals surface area contributed by atoms with Crippen LogP contribution in [0, 0.1) is 6.92 Å². The number of ether oxygens (including phenoxy) is 1. The number of nitrogens with one attached hydrogen (secondary N) is 1. The highest BCUT2D eigenvalue weighted by molar-refractivity contribution is 6.30. The fourth-order valence-corrected chi connectivity index (χ4v) is 3.78. The van der Waals surface area contributed by atoms with Crippen molar-refractivity contribution in [3.8, 4) is 11.6 Å². The summed E-state index contributed by atoms with van der Waals surface area (Å²) in [5.41, 5.74) is 3.65. The van der Waals surface area contributed by atoms with Gasteiger partial charge in [-0.05, 0) is 61.9 Å². The quantitative estimate of drug-likeness (QED) is 0.383. The van der Waals surface area contributed by atoms with Gasteiger partial charge in [0.2, 0.25) is 11.5 Å². The summed E-state index contributed by atoms with van der Waals surface area (Å²) >= 11 is 6.06. The van der Waals surface area contributed by atoms with Gasteiger partial charge in [-0.1, -0.05) is 23.7 Å². The minimum absolute atomic E-state index is 0.247. The molecule has 1 N–H and O–H groups in total. The maximum atomic E-state index is 12.9. The van der Waals surface area contributed by atoms with Crippen molar-refractivity contribution in [3.05, 3.63) is 99.2 Å². The van der Waals surface area contributed by atoms with E-state index in [1.165, 1.54) is 0 Å². The molecule has 0 aliphatic carbocycles. The number of H-pyrrole nitrogens is 1. The normalized spacial score (nSPS) is 11.8. The minimum atomic E-state index is -0.247. The number of imidazole rings is 1. The van der Waals surface area contributed by atoms with E-state index in [4.69, 9.17) is 21.3 Å². The second-order valence-electron chi connectivity index (χ2n) is 7.91. The van der Waals surface area contributed by atoms with Crippen LogP contribution < -0.4 is 15.9 Å². The average molecular weight is 488 g/mol. The summed E-state index contributed by atoms with van der Waals surface area (Å²) in [5.74, 6) is 1.00. The number of fused-ring (bicyclic) bond motifs is 1. The molecule has 0 radical (unpaired) electrons. The lowest BCUT2D eigenvalue weighted by Gasteiger charge is -2.10. The third kappa shape index (κ3) is 4.85. The van der Waals surface area contributed by atoms with Crippen LogP contribution >= 0.6 is 11.6 Å². The van der Waals surface area contributed by atoms with Gasteiger partial charge in [0.1, 0.15) is 5.75 Å².